The number of methoxy groups -OCH3 is 1. The number of esters is 1. The molecule has 0 N–H and O–H groups in total. The molecule has 0 aliphatic carbocycles. The van der Waals surface area contributed by atoms with Crippen LogP contribution in [0.4, 0.5) is 5.69 Å². The van der Waals surface area contributed by atoms with Crippen LogP contribution in [0.2, 0.25) is 0 Å². The molecular weight excluding hydrogens is 290 g/mol. The lowest BCUT2D eigenvalue weighted by Gasteiger charge is -2.07. The van der Waals surface area contributed by atoms with Crippen molar-refractivity contribution in [3.8, 4) is 0 Å². The normalized spacial score (nSPS) is 10.1. The number of nitro groups is 1. The van der Waals surface area contributed by atoms with Crippen LogP contribution in [-0.4, -0.2) is 18.0 Å². The molecule has 0 saturated heterocycles. The molecule has 0 atom stereocenters. The lowest BCUT2D eigenvalue weighted by Crippen LogP contribution is -2.09. The average Bonchev–Trinajstić information content (AvgIpc) is 2.30. The van der Waals surface area contributed by atoms with Gasteiger partial charge >= 0.3 is 5.97 Å². The first kappa shape index (κ1) is 13.6. The zero-order valence-corrected chi connectivity index (χ0v) is 11.1. The Morgan fingerprint density at radius 3 is 2.65 bits per heavy atom. The van der Waals surface area contributed by atoms with Crippen molar-refractivity contribution in [2.45, 2.75) is 18.7 Å². The fraction of sp³-hybridized carbons (Fsp3) is 0.364. The molecule has 0 bridgehead atoms. The van der Waals surface area contributed by atoms with Gasteiger partial charge in [-0.25, -0.2) is 0 Å². The predicted octanol–water partition coefficient (Wildman–Crippen LogP) is 2.51. The molecule has 0 spiro atoms. The number of rotatable bonds is 4. The number of halogens is 1. The minimum absolute atomic E-state index is 0.0372. The molecule has 0 amide bonds. The van der Waals surface area contributed by atoms with Crippen LogP contribution in [0.15, 0.2) is 12.1 Å². The molecule has 0 aliphatic heterocycles. The number of benzene rings is 1. The summed E-state index contributed by atoms with van der Waals surface area (Å²) in [5.74, 6) is -0.484. The topological polar surface area (TPSA) is 69.4 Å². The van der Waals surface area contributed by atoms with E-state index < -0.39 is 10.9 Å². The molecule has 0 aliphatic rings. The number of aryl methyl sites for hydroxylation is 1. The van der Waals surface area contributed by atoms with Crippen molar-refractivity contribution in [2.75, 3.05) is 7.11 Å². The molecule has 0 saturated carbocycles. The van der Waals surface area contributed by atoms with Gasteiger partial charge in [-0.05, 0) is 18.1 Å². The van der Waals surface area contributed by atoms with Gasteiger partial charge in [-0.1, -0.05) is 22.0 Å². The molecule has 1 aromatic carbocycles. The van der Waals surface area contributed by atoms with Gasteiger partial charge in [-0.3, -0.25) is 14.9 Å². The smallest absolute Gasteiger partial charge is 0.310 e. The maximum absolute atomic E-state index is 11.2. The quantitative estimate of drug-likeness (QED) is 0.371. The predicted molar refractivity (Wildman–Crippen MR) is 66.2 cm³/mol. The summed E-state index contributed by atoms with van der Waals surface area (Å²) in [4.78, 5) is 21.7. The van der Waals surface area contributed by atoms with Crippen molar-refractivity contribution >= 4 is 27.6 Å². The number of nitrogens with zero attached hydrogens (tertiary/aromatic N) is 1. The van der Waals surface area contributed by atoms with Crippen molar-refractivity contribution in [1.82, 2.24) is 0 Å². The Labute approximate surface area is 107 Å². The second kappa shape index (κ2) is 5.77. The molecule has 0 unspecified atom stereocenters. The first-order chi connectivity index (χ1) is 7.99. The molecule has 17 heavy (non-hydrogen) atoms. The number of alkyl halides is 1. The standard InChI is InChI=1S/C11H12BrNO4/c1-7-3-8(6-12)4-10(13(15)16)9(7)5-11(14)17-2/h3-4H,5-6H2,1-2H3. The minimum atomic E-state index is -0.484. The van der Waals surface area contributed by atoms with Crippen LogP contribution in [0.25, 0.3) is 0 Å². The van der Waals surface area contributed by atoms with Gasteiger partial charge in [0.2, 0.25) is 0 Å². The molecule has 0 heterocycles. The van der Waals surface area contributed by atoms with Crippen molar-refractivity contribution in [1.29, 1.82) is 0 Å². The summed E-state index contributed by atoms with van der Waals surface area (Å²) in [6, 6.07) is 3.29. The van der Waals surface area contributed by atoms with E-state index in [1.165, 1.54) is 13.2 Å². The molecule has 1 rings (SSSR count). The van der Waals surface area contributed by atoms with Crippen LogP contribution in [-0.2, 0) is 21.3 Å². The Balaban J connectivity index is 3.26. The Morgan fingerprint density at radius 1 is 1.53 bits per heavy atom. The Hall–Kier alpha value is -1.43. The van der Waals surface area contributed by atoms with Gasteiger partial charge in [0, 0.05) is 17.0 Å². The number of hydrogen-bond acceptors (Lipinski definition) is 4. The largest absolute Gasteiger partial charge is 0.469 e. The highest BCUT2D eigenvalue weighted by Crippen LogP contribution is 2.26. The van der Waals surface area contributed by atoms with E-state index in [-0.39, 0.29) is 12.1 Å². The van der Waals surface area contributed by atoms with E-state index in [1.54, 1.807) is 6.92 Å². The second-order valence-corrected chi connectivity index (χ2v) is 4.11. The first-order valence-corrected chi connectivity index (χ1v) is 6.01. The molecule has 0 radical (unpaired) electrons. The van der Waals surface area contributed by atoms with Crippen molar-refractivity contribution in [2.24, 2.45) is 0 Å². The van der Waals surface area contributed by atoms with Crippen LogP contribution in [0.5, 0.6) is 0 Å². The monoisotopic (exact) mass is 301 g/mol. The van der Waals surface area contributed by atoms with Gasteiger partial charge < -0.3 is 4.74 Å². The number of nitro benzene ring substituents is 1. The van der Waals surface area contributed by atoms with Crippen LogP contribution >= 0.6 is 15.9 Å². The third-order valence-electron chi connectivity index (χ3n) is 2.41. The SMILES string of the molecule is COC(=O)Cc1c(C)cc(CBr)cc1[N+](=O)[O-]. The lowest BCUT2D eigenvalue weighted by atomic mass is 10.0. The summed E-state index contributed by atoms with van der Waals surface area (Å²) >= 11 is 3.25. The fourth-order valence-corrected chi connectivity index (χ4v) is 1.88. The van der Waals surface area contributed by atoms with Crippen molar-refractivity contribution in [3.05, 3.63) is 38.9 Å². The molecule has 1 aromatic rings. The van der Waals surface area contributed by atoms with Gasteiger partial charge in [0.1, 0.15) is 0 Å². The zero-order valence-electron chi connectivity index (χ0n) is 9.53. The number of carbonyl (C=O) groups excluding carboxylic acids is 1. The summed E-state index contributed by atoms with van der Waals surface area (Å²) in [5, 5.41) is 11.5. The van der Waals surface area contributed by atoms with Crippen LogP contribution < -0.4 is 0 Å². The van der Waals surface area contributed by atoms with Gasteiger partial charge in [0.05, 0.1) is 18.5 Å². The van der Waals surface area contributed by atoms with Gasteiger partial charge in [0.25, 0.3) is 5.69 Å². The third kappa shape index (κ3) is 3.26. The zero-order chi connectivity index (χ0) is 13.0. The first-order valence-electron chi connectivity index (χ1n) is 4.89. The van der Waals surface area contributed by atoms with E-state index in [9.17, 15) is 14.9 Å². The summed E-state index contributed by atoms with van der Waals surface area (Å²) in [6.45, 7) is 1.75. The van der Waals surface area contributed by atoms with Crippen LogP contribution in [0.1, 0.15) is 16.7 Å². The Bertz CT molecular complexity index is 459. The number of hydrogen-bond donors (Lipinski definition) is 0. The Kier molecular flexibility index (Phi) is 4.62. The highest BCUT2D eigenvalue weighted by atomic mass is 79.9. The van der Waals surface area contributed by atoms with E-state index in [0.717, 1.165) is 11.1 Å². The Morgan fingerprint density at radius 2 is 2.18 bits per heavy atom. The van der Waals surface area contributed by atoms with E-state index >= 15 is 0 Å². The molecule has 92 valence electrons. The molecule has 5 nitrogen and oxygen atoms in total. The van der Waals surface area contributed by atoms with E-state index in [4.69, 9.17) is 0 Å². The minimum Gasteiger partial charge on any atom is -0.469 e. The maximum atomic E-state index is 11.2. The molecule has 0 aromatic heterocycles. The van der Waals surface area contributed by atoms with Gasteiger partial charge in [-0.15, -0.1) is 0 Å². The van der Waals surface area contributed by atoms with Gasteiger partial charge in [0.15, 0.2) is 0 Å². The fourth-order valence-electron chi connectivity index (χ4n) is 1.56. The maximum Gasteiger partial charge on any atom is 0.310 e. The number of carbonyl (C=O) groups is 1. The highest BCUT2D eigenvalue weighted by molar-refractivity contribution is 9.08. The average molecular weight is 302 g/mol. The van der Waals surface area contributed by atoms with E-state index in [2.05, 4.69) is 20.7 Å². The second-order valence-electron chi connectivity index (χ2n) is 3.55. The lowest BCUT2D eigenvalue weighted by molar-refractivity contribution is -0.385. The summed E-state index contributed by atoms with van der Waals surface area (Å²) in [7, 11) is 1.26. The molecular formula is C11H12BrNO4. The van der Waals surface area contributed by atoms with Crippen molar-refractivity contribution < 1.29 is 14.5 Å². The van der Waals surface area contributed by atoms with Gasteiger partial charge in [-0.2, -0.15) is 0 Å². The van der Waals surface area contributed by atoms with E-state index in [1.807, 2.05) is 6.07 Å². The highest BCUT2D eigenvalue weighted by Gasteiger charge is 2.20. The summed E-state index contributed by atoms with van der Waals surface area (Å²) in [5.41, 5.74) is 1.90. The number of ether oxygens (including phenoxy) is 1. The van der Waals surface area contributed by atoms with Crippen LogP contribution in [0.3, 0.4) is 0 Å². The van der Waals surface area contributed by atoms with E-state index in [0.29, 0.717) is 10.9 Å². The summed E-state index contributed by atoms with van der Waals surface area (Å²) in [6.07, 6.45) is -0.0821. The molecule has 0 fully saturated rings. The summed E-state index contributed by atoms with van der Waals surface area (Å²) < 4.78 is 4.53. The molecule has 6 heteroatoms. The third-order valence-corrected chi connectivity index (χ3v) is 3.06. The van der Waals surface area contributed by atoms with Crippen LogP contribution in [0, 0.1) is 17.0 Å². The van der Waals surface area contributed by atoms with Crippen molar-refractivity contribution in [3.63, 3.8) is 0 Å².